The van der Waals surface area contributed by atoms with Crippen LogP contribution in [0.4, 0.5) is 0 Å². The van der Waals surface area contributed by atoms with E-state index >= 15 is 0 Å². The van der Waals surface area contributed by atoms with Crippen LogP contribution in [0.15, 0.2) is 17.3 Å². The van der Waals surface area contributed by atoms with Gasteiger partial charge in [0, 0.05) is 18.8 Å². The molecule has 0 aromatic rings. The zero-order valence-electron chi connectivity index (χ0n) is 7.74. The largest absolute Gasteiger partial charge is 0.385 e. The number of piperidine rings is 1. The molecule has 2 heterocycles. The molecular formula is C10H16N2O. The number of nitrogens with zero attached hydrogens (tertiary/aromatic N) is 1. The molecule has 3 heteroatoms. The summed E-state index contributed by atoms with van der Waals surface area (Å²) in [6.07, 6.45) is 8.17. The van der Waals surface area contributed by atoms with Crippen LogP contribution < -0.4 is 5.32 Å². The summed E-state index contributed by atoms with van der Waals surface area (Å²) in [4.78, 5) is 3.99. The van der Waals surface area contributed by atoms with Crippen LogP contribution in [0.5, 0.6) is 0 Å². The Bertz CT molecular complexity index is 231. The van der Waals surface area contributed by atoms with Crippen molar-refractivity contribution in [3.8, 4) is 0 Å². The van der Waals surface area contributed by atoms with E-state index < -0.39 is 5.60 Å². The number of hydrogen-bond acceptors (Lipinski definition) is 3. The second kappa shape index (κ2) is 3.60. The second-order valence-corrected chi connectivity index (χ2v) is 3.87. The van der Waals surface area contributed by atoms with Gasteiger partial charge in [0.25, 0.3) is 0 Å². The first kappa shape index (κ1) is 8.91. The van der Waals surface area contributed by atoms with Crippen molar-refractivity contribution in [3.63, 3.8) is 0 Å². The van der Waals surface area contributed by atoms with Crippen molar-refractivity contribution in [3.05, 3.63) is 12.3 Å². The Kier molecular flexibility index (Phi) is 2.47. The number of aliphatic imine (C=N–C) groups is 1. The highest BCUT2D eigenvalue weighted by molar-refractivity contribution is 5.62. The van der Waals surface area contributed by atoms with Crippen molar-refractivity contribution in [2.45, 2.75) is 24.9 Å². The molecule has 0 aliphatic carbocycles. The molecule has 1 atom stereocenters. The predicted molar refractivity (Wildman–Crippen MR) is 52.8 cm³/mol. The van der Waals surface area contributed by atoms with Gasteiger partial charge in [-0.3, -0.25) is 4.99 Å². The standard InChI is InChI=1S/C10H16N2O/c13-10(3-7-12-8-4-10)9-1-5-11-6-2-9/h3,7-9,11,13H,1-2,4-6H2. The summed E-state index contributed by atoms with van der Waals surface area (Å²) in [7, 11) is 0. The minimum atomic E-state index is -0.621. The molecule has 0 aromatic heterocycles. The molecule has 2 rings (SSSR count). The number of rotatable bonds is 1. The minimum Gasteiger partial charge on any atom is -0.385 e. The van der Waals surface area contributed by atoms with Gasteiger partial charge >= 0.3 is 0 Å². The summed E-state index contributed by atoms with van der Waals surface area (Å²) in [6, 6.07) is 0. The van der Waals surface area contributed by atoms with Crippen molar-refractivity contribution in [2.75, 3.05) is 13.1 Å². The number of nitrogens with one attached hydrogen (secondary N) is 1. The maximum atomic E-state index is 10.3. The van der Waals surface area contributed by atoms with E-state index in [4.69, 9.17) is 0 Å². The lowest BCUT2D eigenvalue weighted by atomic mass is 9.78. The third-order valence-corrected chi connectivity index (χ3v) is 3.02. The fourth-order valence-electron chi connectivity index (χ4n) is 2.12. The molecule has 1 fully saturated rings. The molecule has 0 bridgehead atoms. The highest BCUT2D eigenvalue weighted by Crippen LogP contribution is 2.31. The summed E-state index contributed by atoms with van der Waals surface area (Å²) >= 11 is 0. The SMILES string of the molecule is OC1(C2CCNCC2)C=CN=CC1. The monoisotopic (exact) mass is 180 g/mol. The molecule has 0 amide bonds. The molecular weight excluding hydrogens is 164 g/mol. The molecule has 2 aliphatic heterocycles. The lowest BCUT2D eigenvalue weighted by molar-refractivity contribution is 0.0201. The fraction of sp³-hybridized carbons (Fsp3) is 0.700. The van der Waals surface area contributed by atoms with Crippen molar-refractivity contribution in [1.82, 2.24) is 5.32 Å². The molecule has 0 radical (unpaired) electrons. The molecule has 1 unspecified atom stereocenters. The lowest BCUT2D eigenvalue weighted by Gasteiger charge is -2.36. The van der Waals surface area contributed by atoms with Gasteiger partial charge < -0.3 is 10.4 Å². The van der Waals surface area contributed by atoms with Crippen LogP contribution in [0.25, 0.3) is 0 Å². The molecule has 3 nitrogen and oxygen atoms in total. The Labute approximate surface area is 78.6 Å². The molecule has 72 valence electrons. The van der Waals surface area contributed by atoms with E-state index in [9.17, 15) is 5.11 Å². The van der Waals surface area contributed by atoms with Gasteiger partial charge in [0.2, 0.25) is 0 Å². The van der Waals surface area contributed by atoms with Crippen LogP contribution in [-0.4, -0.2) is 30.0 Å². The van der Waals surface area contributed by atoms with E-state index in [2.05, 4.69) is 10.3 Å². The van der Waals surface area contributed by atoms with E-state index in [1.165, 1.54) is 0 Å². The fourth-order valence-corrected chi connectivity index (χ4v) is 2.12. The highest BCUT2D eigenvalue weighted by Gasteiger charge is 2.34. The van der Waals surface area contributed by atoms with Crippen molar-refractivity contribution in [1.29, 1.82) is 0 Å². The Morgan fingerprint density at radius 3 is 2.77 bits per heavy atom. The minimum absolute atomic E-state index is 0.400. The second-order valence-electron chi connectivity index (χ2n) is 3.87. The van der Waals surface area contributed by atoms with Crippen molar-refractivity contribution >= 4 is 6.21 Å². The van der Waals surface area contributed by atoms with E-state index in [1.807, 2.05) is 12.3 Å². The maximum absolute atomic E-state index is 10.3. The van der Waals surface area contributed by atoms with Crippen LogP contribution in [0, 0.1) is 5.92 Å². The van der Waals surface area contributed by atoms with Crippen LogP contribution in [0.2, 0.25) is 0 Å². The van der Waals surface area contributed by atoms with E-state index in [1.54, 1.807) is 6.20 Å². The van der Waals surface area contributed by atoms with Crippen LogP contribution in [0.3, 0.4) is 0 Å². The van der Waals surface area contributed by atoms with Gasteiger partial charge in [0.1, 0.15) is 0 Å². The summed E-state index contributed by atoms with van der Waals surface area (Å²) in [5.41, 5.74) is -0.621. The zero-order chi connectivity index (χ0) is 9.15. The topological polar surface area (TPSA) is 44.6 Å². The Morgan fingerprint density at radius 2 is 2.15 bits per heavy atom. The van der Waals surface area contributed by atoms with Gasteiger partial charge in [0.15, 0.2) is 0 Å². The third kappa shape index (κ3) is 1.81. The van der Waals surface area contributed by atoms with Gasteiger partial charge in [-0.2, -0.15) is 0 Å². The first-order valence-corrected chi connectivity index (χ1v) is 4.94. The highest BCUT2D eigenvalue weighted by atomic mass is 16.3. The Balaban J connectivity index is 2.04. The average Bonchev–Trinajstić information content (AvgIpc) is 2.20. The van der Waals surface area contributed by atoms with E-state index in [0.717, 1.165) is 25.9 Å². The predicted octanol–water partition coefficient (Wildman–Crippen LogP) is 0.705. The third-order valence-electron chi connectivity index (χ3n) is 3.02. The van der Waals surface area contributed by atoms with Crippen LogP contribution in [0.1, 0.15) is 19.3 Å². The van der Waals surface area contributed by atoms with Crippen molar-refractivity contribution in [2.24, 2.45) is 10.9 Å². The van der Waals surface area contributed by atoms with Crippen molar-refractivity contribution < 1.29 is 5.11 Å². The number of aliphatic hydroxyl groups is 1. The summed E-state index contributed by atoms with van der Waals surface area (Å²) in [5, 5.41) is 13.6. The summed E-state index contributed by atoms with van der Waals surface area (Å²) in [5.74, 6) is 0.400. The summed E-state index contributed by atoms with van der Waals surface area (Å²) < 4.78 is 0. The molecule has 0 aromatic carbocycles. The smallest absolute Gasteiger partial charge is 0.0923 e. The molecule has 1 saturated heterocycles. The Morgan fingerprint density at radius 1 is 1.38 bits per heavy atom. The van der Waals surface area contributed by atoms with Crippen LogP contribution >= 0.6 is 0 Å². The van der Waals surface area contributed by atoms with Crippen LogP contribution in [-0.2, 0) is 0 Å². The summed E-state index contributed by atoms with van der Waals surface area (Å²) in [6.45, 7) is 2.05. The molecule has 0 spiro atoms. The number of hydrogen-bond donors (Lipinski definition) is 2. The van der Waals surface area contributed by atoms with Gasteiger partial charge in [-0.15, -0.1) is 0 Å². The van der Waals surface area contributed by atoms with E-state index in [0.29, 0.717) is 12.3 Å². The van der Waals surface area contributed by atoms with E-state index in [-0.39, 0.29) is 0 Å². The maximum Gasteiger partial charge on any atom is 0.0923 e. The zero-order valence-corrected chi connectivity index (χ0v) is 7.74. The first-order valence-electron chi connectivity index (χ1n) is 4.94. The quantitative estimate of drug-likeness (QED) is 0.624. The first-order chi connectivity index (χ1) is 6.31. The van der Waals surface area contributed by atoms with Gasteiger partial charge in [0.05, 0.1) is 5.60 Å². The normalized spacial score (nSPS) is 35.2. The molecule has 2 aliphatic rings. The Hall–Kier alpha value is -0.670. The van der Waals surface area contributed by atoms with Gasteiger partial charge in [-0.25, -0.2) is 0 Å². The average molecular weight is 180 g/mol. The molecule has 2 N–H and O–H groups in total. The lowest BCUT2D eigenvalue weighted by Crippen LogP contribution is -2.43. The van der Waals surface area contributed by atoms with Gasteiger partial charge in [-0.05, 0) is 37.9 Å². The van der Waals surface area contributed by atoms with Gasteiger partial charge in [-0.1, -0.05) is 0 Å². The molecule has 0 saturated carbocycles. The molecule has 13 heavy (non-hydrogen) atoms.